The van der Waals surface area contributed by atoms with Crippen molar-refractivity contribution in [2.45, 2.75) is 46.2 Å². The summed E-state index contributed by atoms with van der Waals surface area (Å²) in [5.74, 6) is -1.88. The Morgan fingerprint density at radius 2 is 1.55 bits per heavy atom. The molecule has 286 valence electrons. The number of carbonyl (C=O) groups excluding carboxylic acids is 4. The van der Waals surface area contributed by atoms with Crippen LogP contribution in [0.3, 0.4) is 0 Å². The number of imidazole rings is 1. The molecule has 19 heteroatoms. The van der Waals surface area contributed by atoms with Gasteiger partial charge in [-0.05, 0) is 37.1 Å². The third-order valence-corrected chi connectivity index (χ3v) is 9.44. The van der Waals surface area contributed by atoms with Crippen molar-refractivity contribution in [3.05, 3.63) is 88.0 Å². The van der Waals surface area contributed by atoms with Gasteiger partial charge in [0, 0.05) is 37.2 Å². The minimum Gasteiger partial charge on any atom is -0.494 e. The van der Waals surface area contributed by atoms with E-state index in [-0.39, 0.29) is 65.4 Å². The molecule has 0 bridgehead atoms. The van der Waals surface area contributed by atoms with Gasteiger partial charge in [-0.1, -0.05) is 37.3 Å². The number of rotatable bonds is 16. The lowest BCUT2D eigenvalue weighted by molar-refractivity contribution is 0.0966. The van der Waals surface area contributed by atoms with Gasteiger partial charge in [0.05, 0.1) is 35.3 Å². The molecule has 0 radical (unpaired) electrons. The van der Waals surface area contributed by atoms with Crippen molar-refractivity contribution >= 4 is 62.2 Å². The Labute approximate surface area is 316 Å². The molecule has 6 aromatic rings. The van der Waals surface area contributed by atoms with Gasteiger partial charge in [-0.25, -0.2) is 15.0 Å². The molecule has 6 rings (SSSR count). The summed E-state index contributed by atoms with van der Waals surface area (Å²) in [7, 11) is 1.45. The molecule has 55 heavy (non-hydrogen) atoms. The number of hydrogen-bond acceptors (Lipinski definition) is 13. The van der Waals surface area contributed by atoms with Crippen LogP contribution in [0.2, 0.25) is 0 Å². The number of fused-ring (bicyclic) bond motifs is 2. The highest BCUT2D eigenvalue weighted by Crippen LogP contribution is 2.32. The zero-order valence-electron chi connectivity index (χ0n) is 30.0. The van der Waals surface area contributed by atoms with Crippen LogP contribution in [0, 0.1) is 0 Å². The molecule has 0 aliphatic carbocycles. The number of aliphatic hydroxyl groups excluding tert-OH is 1. The van der Waals surface area contributed by atoms with Gasteiger partial charge in [0.25, 0.3) is 5.91 Å². The number of ether oxygens (including phenoxy) is 2. The second-order valence-corrected chi connectivity index (χ2v) is 12.9. The van der Waals surface area contributed by atoms with Crippen LogP contribution in [0.4, 0.5) is 5.95 Å². The molecule has 4 heterocycles. The monoisotopic (exact) mass is 771 g/mol. The maximum absolute atomic E-state index is 13.4. The molecule has 0 aliphatic heterocycles. The molecule has 0 aliphatic rings. The van der Waals surface area contributed by atoms with Crippen LogP contribution in [-0.2, 0) is 25.9 Å². The molecule has 0 saturated heterocycles. The Bertz CT molecular complexity index is 2520. The predicted octanol–water partition coefficient (Wildman–Crippen LogP) is 3.37. The number of benzene rings is 2. The van der Waals surface area contributed by atoms with E-state index in [2.05, 4.69) is 25.3 Å². The first-order valence-electron chi connectivity index (χ1n) is 17.1. The number of methoxy groups -OCH3 is 1. The van der Waals surface area contributed by atoms with E-state index in [9.17, 15) is 24.3 Å². The van der Waals surface area contributed by atoms with Crippen LogP contribution < -0.4 is 31.1 Å². The van der Waals surface area contributed by atoms with Gasteiger partial charge in [0.15, 0.2) is 17.6 Å². The van der Waals surface area contributed by atoms with Crippen LogP contribution in [0.5, 0.6) is 11.5 Å². The zero-order chi connectivity index (χ0) is 39.2. The number of aliphatic hydroxyl groups is 1. The van der Waals surface area contributed by atoms with Crippen molar-refractivity contribution in [2.75, 3.05) is 25.6 Å². The lowest BCUT2D eigenvalue weighted by Gasteiger charge is -2.12. The van der Waals surface area contributed by atoms with Gasteiger partial charge in [0.2, 0.25) is 29.3 Å². The molecule has 6 N–H and O–H groups in total. The third kappa shape index (κ3) is 7.87. The normalized spacial score (nSPS) is 11.9. The molecule has 4 amide bonds. The topological polar surface area (TPSA) is 258 Å². The fourth-order valence-corrected chi connectivity index (χ4v) is 6.88. The van der Waals surface area contributed by atoms with Gasteiger partial charge >= 0.3 is 5.91 Å². The lowest BCUT2D eigenvalue weighted by atomic mass is 10.1. The first-order chi connectivity index (χ1) is 26.6. The first kappa shape index (κ1) is 38.1. The van der Waals surface area contributed by atoms with Crippen molar-refractivity contribution in [1.29, 1.82) is 0 Å². The predicted molar refractivity (Wildman–Crippen MR) is 199 cm³/mol. The van der Waals surface area contributed by atoms with E-state index in [0.29, 0.717) is 57.6 Å². The van der Waals surface area contributed by atoms with Crippen LogP contribution in [0.1, 0.15) is 73.5 Å². The fraction of sp³-hybridized carbons (Fsp3) is 0.278. The number of nitrogens with zero attached hydrogens (tertiary/aromatic N) is 6. The molecule has 0 saturated carbocycles. The first-order valence-corrected chi connectivity index (χ1v) is 17.9. The number of aromatic nitrogens is 5. The number of amides is 4. The smallest absolute Gasteiger partial charge is 0.317 e. The molecular weight excluding hydrogens is 735 g/mol. The van der Waals surface area contributed by atoms with Crippen molar-refractivity contribution in [3.63, 3.8) is 0 Å². The van der Waals surface area contributed by atoms with E-state index >= 15 is 0 Å². The van der Waals surface area contributed by atoms with Crippen LogP contribution in [-0.4, -0.2) is 73.1 Å². The number of hydrogen-bond donors (Lipinski definition) is 4. The van der Waals surface area contributed by atoms with E-state index in [0.717, 1.165) is 11.3 Å². The van der Waals surface area contributed by atoms with E-state index < -0.39 is 23.6 Å². The van der Waals surface area contributed by atoms with Crippen LogP contribution in [0.15, 0.2) is 63.0 Å². The van der Waals surface area contributed by atoms with E-state index in [1.54, 1.807) is 27.4 Å². The van der Waals surface area contributed by atoms with Crippen molar-refractivity contribution in [1.82, 2.24) is 24.1 Å². The molecule has 0 atom stereocenters. The molecule has 18 nitrogen and oxygen atoms in total. The average Bonchev–Trinajstić information content (AvgIpc) is 3.98. The van der Waals surface area contributed by atoms with Gasteiger partial charge < -0.3 is 44.0 Å². The van der Waals surface area contributed by atoms with Crippen molar-refractivity contribution in [3.8, 4) is 11.5 Å². The second-order valence-electron chi connectivity index (χ2n) is 11.9. The number of primary amides is 2. The standard InChI is InChI=1S/C36H37N9O9S/c1-4-21-29(53-17-39-21)33(49)42-35-41-23-13-19(31(37)47)15-25(52-12-8-11-46)27(23)44(35)9-6-7-10-45-28-24(51-3)14-20(32(38)48)16-26(28)55-36(45)43-34(50)30-22(5-2)40-18-54-30/h6-7,13-18,46H,4-5,8-12H2,1-3H3,(H2,37,47)(H2,38,48)(H,41,42,49)/b7-6+,43-36?. The average molecular weight is 772 g/mol. The summed E-state index contributed by atoms with van der Waals surface area (Å²) >= 11 is 1.15. The number of carbonyl (C=O) groups is 4. The minimum atomic E-state index is -0.712. The van der Waals surface area contributed by atoms with Crippen molar-refractivity contribution in [2.24, 2.45) is 16.5 Å². The summed E-state index contributed by atoms with van der Waals surface area (Å²) in [5, 5.41) is 12.2. The van der Waals surface area contributed by atoms with Gasteiger partial charge in [-0.3, -0.25) is 24.5 Å². The maximum Gasteiger partial charge on any atom is 0.317 e. The lowest BCUT2D eigenvalue weighted by Crippen LogP contribution is -2.18. The minimum absolute atomic E-state index is 0.0151. The number of anilines is 1. The molecule has 4 aromatic heterocycles. The van der Waals surface area contributed by atoms with Gasteiger partial charge in [0.1, 0.15) is 22.5 Å². The SMILES string of the molecule is CCc1ncoc1C(=O)N=c1sc2cc(C(N)=O)cc(OC)c2n1C/C=C/Cn1c(NC(=O)c2ocnc2CC)nc2cc(C(N)=O)cc(OCCCO)c21. The number of thiazole rings is 1. The Morgan fingerprint density at radius 3 is 2.20 bits per heavy atom. The number of allylic oxidation sites excluding steroid dienone is 2. The molecule has 2 aromatic carbocycles. The van der Waals surface area contributed by atoms with Crippen LogP contribution >= 0.6 is 11.3 Å². The van der Waals surface area contributed by atoms with Crippen molar-refractivity contribution < 1.29 is 42.6 Å². The number of nitrogens with two attached hydrogens (primary N) is 2. The van der Waals surface area contributed by atoms with Gasteiger partial charge in [-0.15, -0.1) is 0 Å². The summed E-state index contributed by atoms with van der Waals surface area (Å²) in [6, 6.07) is 6.08. The Hall–Kier alpha value is -6.60. The van der Waals surface area contributed by atoms with Crippen LogP contribution in [0.25, 0.3) is 21.3 Å². The summed E-state index contributed by atoms with van der Waals surface area (Å²) in [6.45, 7) is 3.95. The fourth-order valence-electron chi connectivity index (χ4n) is 5.78. The summed E-state index contributed by atoms with van der Waals surface area (Å²) < 4.78 is 26.4. The quantitative estimate of drug-likeness (QED) is 0.0816. The molecular formula is C36H37N9O9S. The van der Waals surface area contributed by atoms with E-state index in [1.165, 1.54) is 38.1 Å². The summed E-state index contributed by atoms with van der Waals surface area (Å²) in [5.41, 5.74) is 13.8. The molecule has 0 unspecified atom stereocenters. The molecule has 0 fully saturated rings. The highest BCUT2D eigenvalue weighted by Gasteiger charge is 2.23. The summed E-state index contributed by atoms with van der Waals surface area (Å²) in [4.78, 5) is 68.6. The maximum atomic E-state index is 13.4. The zero-order valence-corrected chi connectivity index (χ0v) is 30.8. The number of nitrogens with one attached hydrogen (secondary N) is 1. The Morgan fingerprint density at radius 1 is 0.909 bits per heavy atom. The van der Waals surface area contributed by atoms with Gasteiger partial charge in [-0.2, -0.15) is 4.99 Å². The molecule has 0 spiro atoms. The largest absolute Gasteiger partial charge is 0.494 e. The Balaban J connectivity index is 1.43. The second kappa shape index (κ2) is 16.6. The Kier molecular flexibility index (Phi) is 11.5. The van der Waals surface area contributed by atoms with E-state index in [4.69, 9.17) is 29.8 Å². The highest BCUT2D eigenvalue weighted by atomic mass is 32.1. The highest BCUT2D eigenvalue weighted by molar-refractivity contribution is 7.16. The number of oxazole rings is 2. The van der Waals surface area contributed by atoms with E-state index in [1.807, 2.05) is 13.8 Å². The summed E-state index contributed by atoms with van der Waals surface area (Å²) in [6.07, 6.45) is 7.19. The number of aryl methyl sites for hydroxylation is 2. The third-order valence-electron chi connectivity index (χ3n) is 8.42.